The maximum Gasteiger partial charge on any atom is 0.231 e. The molecule has 0 saturated heterocycles. The summed E-state index contributed by atoms with van der Waals surface area (Å²) in [5.41, 5.74) is 4.58. The molecule has 0 spiro atoms. The molecule has 28 heavy (non-hydrogen) atoms. The van der Waals surface area contributed by atoms with Crippen molar-refractivity contribution in [3.63, 3.8) is 0 Å². The molecule has 1 aliphatic rings. The van der Waals surface area contributed by atoms with Gasteiger partial charge in [-0.1, -0.05) is 17.7 Å². The van der Waals surface area contributed by atoms with Crippen LogP contribution in [0, 0.1) is 13.8 Å². The molecule has 0 aliphatic carbocycles. The number of benzene rings is 2. The minimum atomic E-state index is -0.0560. The summed E-state index contributed by atoms with van der Waals surface area (Å²) in [6.45, 7) is 4.55. The van der Waals surface area contributed by atoms with E-state index in [1.807, 2.05) is 61.0 Å². The van der Waals surface area contributed by atoms with Gasteiger partial charge in [-0.2, -0.15) is 5.10 Å². The zero-order chi connectivity index (χ0) is 19.7. The van der Waals surface area contributed by atoms with E-state index in [0.717, 1.165) is 34.0 Å². The highest BCUT2D eigenvalue weighted by Gasteiger charge is 2.17. The number of fused-ring (bicyclic) bond motifs is 1. The number of rotatable bonds is 5. The van der Waals surface area contributed by atoms with Gasteiger partial charge < -0.3 is 14.8 Å². The Balaban J connectivity index is 1.44. The molecular formula is C21H20ClN3O3. The lowest BCUT2D eigenvalue weighted by Gasteiger charge is -2.08. The van der Waals surface area contributed by atoms with Gasteiger partial charge in [0.05, 0.1) is 17.8 Å². The summed E-state index contributed by atoms with van der Waals surface area (Å²) in [4.78, 5) is 12.5. The monoisotopic (exact) mass is 397 g/mol. The number of amides is 1. The topological polar surface area (TPSA) is 65.4 Å². The fourth-order valence-corrected chi connectivity index (χ4v) is 3.37. The first kappa shape index (κ1) is 18.4. The van der Waals surface area contributed by atoms with Gasteiger partial charge in [0.15, 0.2) is 11.5 Å². The molecule has 2 aromatic carbocycles. The van der Waals surface area contributed by atoms with Gasteiger partial charge in [-0.3, -0.25) is 4.79 Å². The van der Waals surface area contributed by atoms with Crippen LogP contribution in [0.15, 0.2) is 42.5 Å². The van der Waals surface area contributed by atoms with Crippen molar-refractivity contribution in [3.8, 4) is 17.2 Å². The minimum absolute atomic E-state index is 0.0560. The fourth-order valence-electron chi connectivity index (χ4n) is 3.24. The van der Waals surface area contributed by atoms with Crippen molar-refractivity contribution in [2.45, 2.75) is 26.8 Å². The predicted molar refractivity (Wildman–Crippen MR) is 106 cm³/mol. The van der Waals surface area contributed by atoms with E-state index < -0.39 is 0 Å². The number of hydrogen-bond acceptors (Lipinski definition) is 4. The van der Waals surface area contributed by atoms with Crippen LogP contribution in [0.2, 0.25) is 5.02 Å². The Hall–Kier alpha value is -2.99. The van der Waals surface area contributed by atoms with E-state index in [-0.39, 0.29) is 19.1 Å². The summed E-state index contributed by atoms with van der Waals surface area (Å²) in [6, 6.07) is 13.1. The number of carbonyl (C=O) groups is 1. The largest absolute Gasteiger partial charge is 0.454 e. The molecule has 3 aromatic rings. The smallest absolute Gasteiger partial charge is 0.231 e. The third-order valence-electron chi connectivity index (χ3n) is 4.78. The van der Waals surface area contributed by atoms with Gasteiger partial charge in [-0.05, 0) is 55.8 Å². The van der Waals surface area contributed by atoms with Crippen LogP contribution < -0.4 is 14.8 Å². The van der Waals surface area contributed by atoms with Crippen LogP contribution in [-0.4, -0.2) is 22.5 Å². The van der Waals surface area contributed by atoms with Crippen molar-refractivity contribution < 1.29 is 14.3 Å². The van der Waals surface area contributed by atoms with Crippen molar-refractivity contribution in [2.24, 2.45) is 0 Å². The molecule has 0 bridgehead atoms. The summed E-state index contributed by atoms with van der Waals surface area (Å²) < 4.78 is 12.5. The van der Waals surface area contributed by atoms with Gasteiger partial charge in [0.2, 0.25) is 12.7 Å². The number of nitrogens with one attached hydrogen (secondary N) is 1. The van der Waals surface area contributed by atoms with E-state index in [0.29, 0.717) is 17.3 Å². The van der Waals surface area contributed by atoms with Gasteiger partial charge in [-0.25, -0.2) is 4.68 Å². The standard InChI is InChI=1S/C21H20ClN3O3/c1-13-18(14(2)25(24-13)17-6-4-16(22)5-7-17)10-21(26)23-11-15-3-8-19-20(9-15)28-12-27-19/h3-9H,10-12H2,1-2H3,(H,23,26). The van der Waals surface area contributed by atoms with Gasteiger partial charge in [0, 0.05) is 22.8 Å². The average Bonchev–Trinajstić information content (AvgIpc) is 3.26. The summed E-state index contributed by atoms with van der Waals surface area (Å²) in [7, 11) is 0. The molecule has 0 radical (unpaired) electrons. The number of ether oxygens (including phenoxy) is 2. The van der Waals surface area contributed by atoms with Crippen molar-refractivity contribution in [2.75, 3.05) is 6.79 Å². The third kappa shape index (κ3) is 3.68. The quantitative estimate of drug-likeness (QED) is 0.712. The van der Waals surface area contributed by atoms with Crippen LogP contribution >= 0.6 is 11.6 Å². The summed E-state index contributed by atoms with van der Waals surface area (Å²) in [6.07, 6.45) is 0.274. The molecule has 1 aliphatic heterocycles. The second-order valence-electron chi connectivity index (χ2n) is 6.68. The molecule has 1 aromatic heterocycles. The highest BCUT2D eigenvalue weighted by Crippen LogP contribution is 2.32. The lowest BCUT2D eigenvalue weighted by Crippen LogP contribution is -2.25. The second-order valence-corrected chi connectivity index (χ2v) is 7.12. The predicted octanol–water partition coefficient (Wildman–Crippen LogP) is 3.73. The maximum absolute atomic E-state index is 12.5. The zero-order valence-corrected chi connectivity index (χ0v) is 16.4. The zero-order valence-electron chi connectivity index (χ0n) is 15.7. The first-order chi connectivity index (χ1) is 13.5. The normalized spacial score (nSPS) is 12.2. The van der Waals surface area contributed by atoms with Crippen molar-refractivity contribution in [3.05, 3.63) is 70.0 Å². The first-order valence-electron chi connectivity index (χ1n) is 8.97. The number of aryl methyl sites for hydroxylation is 1. The molecule has 6 nitrogen and oxygen atoms in total. The highest BCUT2D eigenvalue weighted by molar-refractivity contribution is 6.30. The van der Waals surface area contributed by atoms with Crippen molar-refractivity contribution in [1.82, 2.24) is 15.1 Å². The SMILES string of the molecule is Cc1nn(-c2ccc(Cl)cc2)c(C)c1CC(=O)NCc1ccc2c(c1)OCO2. The molecule has 1 amide bonds. The van der Waals surface area contributed by atoms with Gasteiger partial charge in [0.25, 0.3) is 0 Å². The Morgan fingerprint density at radius 2 is 1.89 bits per heavy atom. The number of carbonyl (C=O) groups excluding carboxylic acids is 1. The van der Waals surface area contributed by atoms with Crippen LogP contribution in [0.25, 0.3) is 5.69 Å². The number of aromatic nitrogens is 2. The number of halogens is 1. The van der Waals surface area contributed by atoms with Crippen LogP contribution in [0.1, 0.15) is 22.5 Å². The Morgan fingerprint density at radius 1 is 1.14 bits per heavy atom. The number of hydrogen-bond donors (Lipinski definition) is 1. The van der Waals surface area contributed by atoms with Crippen LogP contribution in [0.4, 0.5) is 0 Å². The van der Waals surface area contributed by atoms with E-state index >= 15 is 0 Å². The molecule has 0 atom stereocenters. The second kappa shape index (κ2) is 7.56. The van der Waals surface area contributed by atoms with Crippen LogP contribution in [0.5, 0.6) is 11.5 Å². The fraction of sp³-hybridized carbons (Fsp3) is 0.238. The molecule has 0 saturated carbocycles. The minimum Gasteiger partial charge on any atom is -0.454 e. The average molecular weight is 398 g/mol. The molecule has 0 fully saturated rings. The highest BCUT2D eigenvalue weighted by atomic mass is 35.5. The Bertz CT molecular complexity index is 1030. The van der Waals surface area contributed by atoms with E-state index in [9.17, 15) is 4.79 Å². The van der Waals surface area contributed by atoms with Crippen molar-refractivity contribution in [1.29, 1.82) is 0 Å². The molecule has 2 heterocycles. The maximum atomic E-state index is 12.5. The lowest BCUT2D eigenvalue weighted by atomic mass is 10.1. The van der Waals surface area contributed by atoms with E-state index in [1.165, 1.54) is 0 Å². The molecule has 144 valence electrons. The van der Waals surface area contributed by atoms with E-state index in [1.54, 1.807) is 0 Å². The third-order valence-corrected chi connectivity index (χ3v) is 5.03. The molecule has 0 unspecified atom stereocenters. The Labute approximate surface area is 168 Å². The molecular weight excluding hydrogens is 378 g/mol. The van der Waals surface area contributed by atoms with Gasteiger partial charge in [-0.15, -0.1) is 0 Å². The molecule has 4 rings (SSSR count). The number of nitrogens with zero attached hydrogens (tertiary/aromatic N) is 2. The summed E-state index contributed by atoms with van der Waals surface area (Å²) in [5.74, 6) is 1.39. The Kier molecular flexibility index (Phi) is 4.96. The van der Waals surface area contributed by atoms with Gasteiger partial charge >= 0.3 is 0 Å². The van der Waals surface area contributed by atoms with Crippen molar-refractivity contribution >= 4 is 17.5 Å². The molecule has 7 heteroatoms. The summed E-state index contributed by atoms with van der Waals surface area (Å²) in [5, 5.41) is 8.22. The lowest BCUT2D eigenvalue weighted by molar-refractivity contribution is -0.120. The van der Waals surface area contributed by atoms with E-state index in [4.69, 9.17) is 21.1 Å². The van der Waals surface area contributed by atoms with Crippen LogP contribution in [0.3, 0.4) is 0 Å². The van der Waals surface area contributed by atoms with Crippen LogP contribution in [-0.2, 0) is 17.8 Å². The van der Waals surface area contributed by atoms with Gasteiger partial charge in [0.1, 0.15) is 0 Å². The first-order valence-corrected chi connectivity index (χ1v) is 9.35. The Morgan fingerprint density at radius 3 is 2.68 bits per heavy atom. The molecule has 1 N–H and O–H groups in total. The summed E-state index contributed by atoms with van der Waals surface area (Å²) >= 11 is 5.96. The van der Waals surface area contributed by atoms with E-state index in [2.05, 4.69) is 10.4 Å².